The van der Waals surface area contributed by atoms with E-state index in [4.69, 9.17) is 0 Å². The van der Waals surface area contributed by atoms with Crippen LogP contribution in [-0.4, -0.2) is 18.4 Å². The summed E-state index contributed by atoms with van der Waals surface area (Å²) in [6.07, 6.45) is 1.70. The number of aromatic amines is 1. The fourth-order valence-corrected chi connectivity index (χ4v) is 0.880. The lowest BCUT2D eigenvalue weighted by atomic mass is 10.3. The topological polar surface area (TPSA) is 115 Å². The summed E-state index contributed by atoms with van der Waals surface area (Å²) in [5.41, 5.74) is 2.12. The number of para-hydroxylation sites is 2. The van der Waals surface area contributed by atoms with Gasteiger partial charge in [-0.3, -0.25) is 0 Å². The van der Waals surface area contributed by atoms with Crippen LogP contribution in [0.4, 0.5) is 0 Å². The zero-order chi connectivity index (χ0) is 10.6. The average molecular weight is 214 g/mol. The van der Waals surface area contributed by atoms with Gasteiger partial charge in [0.2, 0.25) is 0 Å². The lowest BCUT2D eigenvalue weighted by Crippen LogP contribution is -2.21. The number of hydrogen-bond acceptors (Lipinski definition) is 3. The van der Waals surface area contributed by atoms with Gasteiger partial charge < -0.3 is 4.98 Å². The molecule has 0 unspecified atom stereocenters. The number of nitrogens with two attached hydrogens (primary N) is 2. The molecule has 0 spiro atoms. The van der Waals surface area contributed by atoms with Crippen molar-refractivity contribution in [2.45, 2.75) is 0 Å². The molecule has 1 heterocycles. The third kappa shape index (κ3) is 3.99. The normalized spacial score (nSPS) is 10.7. The summed E-state index contributed by atoms with van der Waals surface area (Å²) in [6.45, 7) is 0. The summed E-state index contributed by atoms with van der Waals surface area (Å²) < 4.78 is 18.4. The summed E-state index contributed by atoms with van der Waals surface area (Å²) in [4.78, 5) is 7.07. The van der Waals surface area contributed by atoms with Gasteiger partial charge in [0.1, 0.15) is 0 Å². The van der Waals surface area contributed by atoms with Gasteiger partial charge in [-0.1, -0.05) is 12.1 Å². The Labute approximate surface area is 81.1 Å². The number of benzene rings is 1. The number of nitrogens with one attached hydrogen (secondary N) is 1. The molecule has 0 radical (unpaired) electrons. The first-order valence-electron chi connectivity index (χ1n) is 3.65. The van der Waals surface area contributed by atoms with Crippen molar-refractivity contribution in [1.82, 2.24) is 9.97 Å². The Balaban J connectivity index is 0.000000171. The molecule has 2 aromatic rings. The third-order valence-electron chi connectivity index (χ3n) is 1.33. The second-order valence-corrected chi connectivity index (χ2v) is 3.69. The lowest BCUT2D eigenvalue weighted by Gasteiger charge is -1.81. The van der Waals surface area contributed by atoms with Gasteiger partial charge in [-0.2, -0.15) is 8.42 Å². The molecule has 1 aromatic carbocycles. The van der Waals surface area contributed by atoms with Crippen LogP contribution in [0.25, 0.3) is 11.0 Å². The van der Waals surface area contributed by atoms with Crippen molar-refractivity contribution in [3.05, 3.63) is 30.6 Å². The van der Waals surface area contributed by atoms with Crippen molar-refractivity contribution in [3.8, 4) is 0 Å². The Bertz CT molecular complexity index is 467. The SMILES string of the molecule is NS(N)(=O)=O.c1ccc2[nH]cnc2c1. The number of nitrogens with zero attached hydrogens (tertiary/aromatic N) is 1. The zero-order valence-corrected chi connectivity index (χ0v) is 8.03. The molecule has 0 atom stereocenters. The summed E-state index contributed by atoms with van der Waals surface area (Å²) in [5, 5.41) is 8.21. The Morgan fingerprint density at radius 3 is 2.36 bits per heavy atom. The zero-order valence-electron chi connectivity index (χ0n) is 7.21. The van der Waals surface area contributed by atoms with Crippen LogP contribution in [0.15, 0.2) is 30.6 Å². The minimum absolute atomic E-state index is 1.03. The first-order valence-corrected chi connectivity index (χ1v) is 5.26. The lowest BCUT2D eigenvalue weighted by molar-refractivity contribution is 0.599. The number of hydrogen-bond donors (Lipinski definition) is 3. The largest absolute Gasteiger partial charge is 0.345 e. The predicted molar refractivity (Wildman–Crippen MR) is 53.4 cm³/mol. The van der Waals surface area contributed by atoms with Gasteiger partial charge in [0, 0.05) is 0 Å². The number of H-pyrrole nitrogens is 1. The molecule has 2 rings (SSSR count). The van der Waals surface area contributed by atoms with Crippen LogP contribution in [0.3, 0.4) is 0 Å². The molecule has 0 amide bonds. The minimum Gasteiger partial charge on any atom is -0.345 e. The fraction of sp³-hybridized carbons (Fsp3) is 0. The standard InChI is InChI=1S/C7H6N2.H4N2O2S/c1-2-4-7-6(3-1)8-5-9-7;1-5(2,3)4/h1-5H,(H,8,9);(H4,1,2,3,4). The van der Waals surface area contributed by atoms with Gasteiger partial charge >= 0.3 is 0 Å². The molecule has 6 nitrogen and oxygen atoms in total. The van der Waals surface area contributed by atoms with Gasteiger partial charge in [0.25, 0.3) is 10.2 Å². The molecule has 0 saturated carbocycles. The van der Waals surface area contributed by atoms with Crippen LogP contribution in [0.5, 0.6) is 0 Å². The summed E-state index contributed by atoms with van der Waals surface area (Å²) in [6, 6.07) is 7.94. The Hall–Kier alpha value is -1.44. The van der Waals surface area contributed by atoms with Crippen LogP contribution in [0, 0.1) is 0 Å². The molecule has 0 bridgehead atoms. The molecule has 14 heavy (non-hydrogen) atoms. The van der Waals surface area contributed by atoms with E-state index in [1.54, 1.807) is 6.33 Å². The highest BCUT2D eigenvalue weighted by molar-refractivity contribution is 7.86. The van der Waals surface area contributed by atoms with E-state index in [9.17, 15) is 8.42 Å². The summed E-state index contributed by atoms with van der Waals surface area (Å²) in [7, 11) is -3.67. The van der Waals surface area contributed by atoms with Gasteiger partial charge in [0.05, 0.1) is 17.4 Å². The second kappa shape index (κ2) is 4.18. The van der Waals surface area contributed by atoms with Crippen molar-refractivity contribution >= 4 is 21.2 Å². The van der Waals surface area contributed by atoms with E-state index in [0.29, 0.717) is 0 Å². The molecule has 76 valence electrons. The Morgan fingerprint density at radius 1 is 1.21 bits per heavy atom. The maximum absolute atomic E-state index is 9.19. The van der Waals surface area contributed by atoms with E-state index in [-0.39, 0.29) is 0 Å². The molecular formula is C7H10N4O2S. The first kappa shape index (κ1) is 10.6. The highest BCUT2D eigenvalue weighted by atomic mass is 32.2. The predicted octanol–water partition coefficient (Wildman–Crippen LogP) is -0.288. The van der Waals surface area contributed by atoms with Crippen LogP contribution in [0.1, 0.15) is 0 Å². The summed E-state index contributed by atoms with van der Waals surface area (Å²) >= 11 is 0. The smallest absolute Gasteiger partial charge is 0.271 e. The van der Waals surface area contributed by atoms with Gasteiger partial charge in [-0.25, -0.2) is 15.3 Å². The highest BCUT2D eigenvalue weighted by Gasteiger charge is 1.88. The molecule has 7 heteroatoms. The average Bonchev–Trinajstić information content (AvgIpc) is 2.47. The first-order chi connectivity index (χ1) is 6.47. The maximum Gasteiger partial charge on any atom is 0.271 e. The molecule has 0 saturated heterocycles. The van der Waals surface area contributed by atoms with Gasteiger partial charge in [0.15, 0.2) is 0 Å². The molecule has 0 fully saturated rings. The molecule has 0 aliphatic heterocycles. The fourth-order valence-electron chi connectivity index (χ4n) is 0.880. The van der Waals surface area contributed by atoms with E-state index in [2.05, 4.69) is 20.2 Å². The van der Waals surface area contributed by atoms with Crippen LogP contribution in [-0.2, 0) is 10.2 Å². The van der Waals surface area contributed by atoms with Crippen molar-refractivity contribution in [2.24, 2.45) is 10.3 Å². The number of aromatic nitrogens is 2. The van der Waals surface area contributed by atoms with E-state index in [1.165, 1.54) is 0 Å². The molecule has 0 aliphatic carbocycles. The number of imidazole rings is 1. The van der Waals surface area contributed by atoms with Crippen molar-refractivity contribution < 1.29 is 8.42 Å². The van der Waals surface area contributed by atoms with Crippen LogP contribution >= 0.6 is 0 Å². The van der Waals surface area contributed by atoms with E-state index in [0.717, 1.165) is 11.0 Å². The van der Waals surface area contributed by atoms with E-state index < -0.39 is 10.2 Å². The Kier molecular flexibility index (Phi) is 3.18. The second-order valence-electron chi connectivity index (χ2n) is 2.51. The molecule has 5 N–H and O–H groups in total. The molecule has 0 aliphatic rings. The van der Waals surface area contributed by atoms with Gasteiger partial charge in [-0.15, -0.1) is 0 Å². The van der Waals surface area contributed by atoms with Crippen molar-refractivity contribution in [2.75, 3.05) is 0 Å². The number of fused-ring (bicyclic) bond motifs is 1. The maximum atomic E-state index is 9.19. The molecule has 1 aromatic heterocycles. The van der Waals surface area contributed by atoms with Crippen LogP contribution in [0.2, 0.25) is 0 Å². The highest BCUT2D eigenvalue weighted by Crippen LogP contribution is 2.05. The molecular weight excluding hydrogens is 204 g/mol. The quantitative estimate of drug-likeness (QED) is 0.559. The summed E-state index contributed by atoms with van der Waals surface area (Å²) in [5.74, 6) is 0. The van der Waals surface area contributed by atoms with E-state index in [1.807, 2.05) is 24.3 Å². The van der Waals surface area contributed by atoms with Crippen LogP contribution < -0.4 is 10.3 Å². The Morgan fingerprint density at radius 2 is 1.79 bits per heavy atom. The van der Waals surface area contributed by atoms with E-state index >= 15 is 0 Å². The third-order valence-corrected chi connectivity index (χ3v) is 1.33. The monoisotopic (exact) mass is 214 g/mol. The van der Waals surface area contributed by atoms with Crippen molar-refractivity contribution in [1.29, 1.82) is 0 Å². The van der Waals surface area contributed by atoms with Crippen molar-refractivity contribution in [3.63, 3.8) is 0 Å². The van der Waals surface area contributed by atoms with Gasteiger partial charge in [-0.05, 0) is 12.1 Å². The number of rotatable bonds is 0. The minimum atomic E-state index is -3.67.